The summed E-state index contributed by atoms with van der Waals surface area (Å²) in [6.07, 6.45) is 3.23. The lowest BCUT2D eigenvalue weighted by Gasteiger charge is -2.05. The monoisotopic (exact) mass is 243 g/mol. The van der Waals surface area contributed by atoms with Crippen molar-refractivity contribution in [2.45, 2.75) is 46.2 Å². The second-order valence-corrected chi connectivity index (χ2v) is 4.25. The molecular weight excluding hydrogens is 222 g/mol. The number of aromatic nitrogens is 2. The summed E-state index contributed by atoms with van der Waals surface area (Å²) in [5, 5.41) is 7.95. The summed E-state index contributed by atoms with van der Waals surface area (Å²) in [6.45, 7) is 7.15. The second-order valence-electron chi connectivity index (χ2n) is 3.87. The lowest BCUT2D eigenvalue weighted by Crippen LogP contribution is -2.17. The summed E-state index contributed by atoms with van der Waals surface area (Å²) in [7, 11) is 0. The molecule has 0 saturated carbocycles. The highest BCUT2D eigenvalue weighted by atomic mass is 35.5. The normalized spacial score (nSPS) is 10.9. The zero-order valence-electron chi connectivity index (χ0n) is 10.3. The summed E-state index contributed by atoms with van der Waals surface area (Å²) >= 11 is 5.63. The van der Waals surface area contributed by atoms with E-state index in [2.05, 4.69) is 35.0 Å². The molecule has 0 aliphatic carbocycles. The Balaban J connectivity index is 2.37. The smallest absolute Gasteiger partial charge is 0.0625 e. The first-order valence-electron chi connectivity index (χ1n) is 6.14. The summed E-state index contributed by atoms with van der Waals surface area (Å²) in [5.41, 5.74) is 2.46. The Hall–Kier alpha value is -0.540. The van der Waals surface area contributed by atoms with Gasteiger partial charge in [0.25, 0.3) is 0 Å². The maximum atomic E-state index is 5.63. The van der Waals surface area contributed by atoms with Crippen molar-refractivity contribution >= 4 is 11.6 Å². The molecule has 1 rings (SSSR count). The van der Waals surface area contributed by atoms with Crippen LogP contribution in [-0.4, -0.2) is 22.2 Å². The number of alkyl halides is 1. The Morgan fingerprint density at radius 2 is 2.19 bits per heavy atom. The van der Waals surface area contributed by atoms with Gasteiger partial charge in [-0.3, -0.25) is 4.68 Å². The third-order valence-electron chi connectivity index (χ3n) is 2.62. The summed E-state index contributed by atoms with van der Waals surface area (Å²) in [5.74, 6) is 0.758. The predicted molar refractivity (Wildman–Crippen MR) is 68.9 cm³/mol. The minimum Gasteiger partial charge on any atom is -0.311 e. The summed E-state index contributed by atoms with van der Waals surface area (Å²) in [6, 6.07) is 2.19. The van der Waals surface area contributed by atoms with Gasteiger partial charge in [0, 0.05) is 19.0 Å². The minimum atomic E-state index is 0.758. The minimum absolute atomic E-state index is 0.758. The molecule has 0 fully saturated rings. The Morgan fingerprint density at radius 1 is 1.38 bits per heavy atom. The number of nitrogens with one attached hydrogen (secondary N) is 1. The van der Waals surface area contributed by atoms with Gasteiger partial charge < -0.3 is 5.32 Å². The summed E-state index contributed by atoms with van der Waals surface area (Å²) in [4.78, 5) is 0. The number of halogens is 1. The average molecular weight is 244 g/mol. The van der Waals surface area contributed by atoms with Crippen molar-refractivity contribution in [3.8, 4) is 0 Å². The van der Waals surface area contributed by atoms with Gasteiger partial charge in [-0.15, -0.1) is 11.6 Å². The van der Waals surface area contributed by atoms with Crippen LogP contribution in [0.15, 0.2) is 6.07 Å². The van der Waals surface area contributed by atoms with E-state index in [1.807, 2.05) is 0 Å². The zero-order chi connectivity index (χ0) is 11.8. The van der Waals surface area contributed by atoms with E-state index in [1.54, 1.807) is 0 Å². The first kappa shape index (κ1) is 13.5. The number of unbranched alkanes of at least 4 members (excludes halogenated alkanes) is 1. The number of hydrogen-bond acceptors (Lipinski definition) is 2. The van der Waals surface area contributed by atoms with E-state index in [0.717, 1.165) is 44.8 Å². The molecule has 0 amide bonds. The molecule has 0 bridgehead atoms. The molecule has 0 aromatic carbocycles. The first-order chi connectivity index (χ1) is 7.81. The van der Waals surface area contributed by atoms with Crippen molar-refractivity contribution in [2.75, 3.05) is 12.4 Å². The van der Waals surface area contributed by atoms with Crippen LogP contribution in [0.1, 0.15) is 38.1 Å². The molecule has 0 aliphatic heterocycles. The number of rotatable bonds is 8. The van der Waals surface area contributed by atoms with Gasteiger partial charge in [-0.05, 0) is 38.8 Å². The molecule has 3 nitrogen and oxygen atoms in total. The maximum Gasteiger partial charge on any atom is 0.0625 e. The van der Waals surface area contributed by atoms with Crippen LogP contribution < -0.4 is 5.32 Å². The van der Waals surface area contributed by atoms with Crippen LogP contribution in [0.2, 0.25) is 0 Å². The van der Waals surface area contributed by atoms with Crippen LogP contribution in [-0.2, 0) is 19.5 Å². The maximum absolute atomic E-state index is 5.63. The topological polar surface area (TPSA) is 29.9 Å². The molecule has 16 heavy (non-hydrogen) atoms. The zero-order valence-corrected chi connectivity index (χ0v) is 11.1. The first-order valence-corrected chi connectivity index (χ1v) is 6.67. The molecule has 92 valence electrons. The van der Waals surface area contributed by atoms with E-state index in [4.69, 9.17) is 11.6 Å². The lowest BCUT2D eigenvalue weighted by atomic mass is 10.3. The van der Waals surface area contributed by atoms with Gasteiger partial charge in [0.1, 0.15) is 0 Å². The quantitative estimate of drug-likeness (QED) is 0.562. The molecule has 0 unspecified atom stereocenters. The van der Waals surface area contributed by atoms with Crippen LogP contribution in [0, 0.1) is 0 Å². The van der Waals surface area contributed by atoms with E-state index in [0.29, 0.717) is 0 Å². The standard InChI is InChI=1S/C12H22ClN3/c1-3-11-9-12(16(4-2)15-11)10-14-8-6-5-7-13/h9,14H,3-8,10H2,1-2H3. The fraction of sp³-hybridized carbons (Fsp3) is 0.750. The Kier molecular flexibility index (Phi) is 6.50. The highest BCUT2D eigenvalue weighted by Crippen LogP contribution is 2.05. The Morgan fingerprint density at radius 3 is 2.81 bits per heavy atom. The highest BCUT2D eigenvalue weighted by molar-refractivity contribution is 6.17. The van der Waals surface area contributed by atoms with Crippen LogP contribution in [0.5, 0.6) is 0 Å². The largest absolute Gasteiger partial charge is 0.311 e. The van der Waals surface area contributed by atoms with E-state index in [9.17, 15) is 0 Å². The van der Waals surface area contributed by atoms with Crippen molar-refractivity contribution in [2.24, 2.45) is 0 Å². The summed E-state index contributed by atoms with van der Waals surface area (Å²) < 4.78 is 2.08. The van der Waals surface area contributed by atoms with Crippen LogP contribution in [0.4, 0.5) is 0 Å². The van der Waals surface area contributed by atoms with Crippen LogP contribution >= 0.6 is 11.6 Å². The molecule has 4 heteroatoms. The van der Waals surface area contributed by atoms with Gasteiger partial charge in [0.05, 0.1) is 11.4 Å². The fourth-order valence-corrected chi connectivity index (χ4v) is 1.85. The van der Waals surface area contributed by atoms with Gasteiger partial charge in [0.15, 0.2) is 0 Å². The second kappa shape index (κ2) is 7.69. The van der Waals surface area contributed by atoms with Gasteiger partial charge >= 0.3 is 0 Å². The van der Waals surface area contributed by atoms with Crippen molar-refractivity contribution < 1.29 is 0 Å². The van der Waals surface area contributed by atoms with Gasteiger partial charge in [-0.2, -0.15) is 5.10 Å². The van der Waals surface area contributed by atoms with Crippen molar-refractivity contribution in [1.82, 2.24) is 15.1 Å². The fourth-order valence-electron chi connectivity index (χ4n) is 1.66. The molecule has 1 heterocycles. The van der Waals surface area contributed by atoms with Gasteiger partial charge in [-0.1, -0.05) is 6.92 Å². The Labute approximate surface area is 103 Å². The van der Waals surface area contributed by atoms with Gasteiger partial charge in [0.2, 0.25) is 0 Å². The van der Waals surface area contributed by atoms with E-state index >= 15 is 0 Å². The van der Waals surface area contributed by atoms with E-state index < -0.39 is 0 Å². The SMILES string of the molecule is CCc1cc(CNCCCCCl)n(CC)n1. The van der Waals surface area contributed by atoms with Crippen LogP contribution in [0.25, 0.3) is 0 Å². The molecule has 0 radical (unpaired) electrons. The van der Waals surface area contributed by atoms with Crippen molar-refractivity contribution in [3.05, 3.63) is 17.5 Å². The Bertz CT molecular complexity index is 296. The molecule has 0 atom stereocenters. The number of nitrogens with zero attached hydrogens (tertiary/aromatic N) is 2. The molecule has 0 aliphatic rings. The lowest BCUT2D eigenvalue weighted by molar-refractivity contribution is 0.568. The third kappa shape index (κ3) is 4.14. The molecule has 1 aromatic rings. The van der Waals surface area contributed by atoms with Gasteiger partial charge in [-0.25, -0.2) is 0 Å². The highest BCUT2D eigenvalue weighted by Gasteiger charge is 2.04. The van der Waals surface area contributed by atoms with Crippen LogP contribution in [0.3, 0.4) is 0 Å². The van der Waals surface area contributed by atoms with Crippen molar-refractivity contribution in [3.63, 3.8) is 0 Å². The molecule has 1 N–H and O–H groups in total. The number of hydrogen-bond donors (Lipinski definition) is 1. The van der Waals surface area contributed by atoms with E-state index in [-0.39, 0.29) is 0 Å². The molecule has 0 spiro atoms. The molecule has 1 aromatic heterocycles. The van der Waals surface area contributed by atoms with E-state index in [1.165, 1.54) is 11.4 Å². The number of aryl methyl sites for hydroxylation is 2. The molecular formula is C12H22ClN3. The van der Waals surface area contributed by atoms with Crippen molar-refractivity contribution in [1.29, 1.82) is 0 Å². The predicted octanol–water partition coefficient (Wildman–Crippen LogP) is 2.57. The molecule has 0 saturated heterocycles. The average Bonchev–Trinajstić information content (AvgIpc) is 2.71. The third-order valence-corrected chi connectivity index (χ3v) is 2.89.